The molecule has 2 aliphatic heterocycles. The van der Waals surface area contributed by atoms with Crippen molar-refractivity contribution >= 4 is 133 Å². The second-order valence-electron chi connectivity index (χ2n) is 28.1. The molecule has 13 heterocycles. The van der Waals surface area contributed by atoms with E-state index >= 15 is 0 Å². The standard InChI is InChI=1S/2C17H22N8O2.C13H14ClN7O.C9H10Cl2N4O.C4H9ClO.C4H12N2O.ClH.H4N2/c2*1-17(2,26)10-25-14-12(9-21-25)13(11-7-19-15(18)20-8-11)22-16(23-14)24-3-5-27-6-4-24;1-13(2,22)6-21-10-8(5-18-21)9(19-11(14)20-10)7-3-16-12(15)17-4-7;1-9(2,16)4-15-7-5(3-12-15)6(10)13-8(11)14-7;1-4(2,6)3-5;1-4(2,7)3-6-5;;1-2/h2*7-9,26H,3-6,10H2,1-2H3,(H2,18,19,20);3-5,22H,6H2,1-2H3,(H2,15,16,17);3,16H,4H2,1-2H3;6H,3H2,1-2H3;6-7H,3,5H2,1-2H3;1H;1-2H2. The number of rotatable bonds is 16. The molecule has 108 heavy (non-hydrogen) atoms. The number of ether oxygens (including phenoxy) is 2. The van der Waals surface area contributed by atoms with Crippen molar-refractivity contribution in [1.29, 1.82) is 0 Å². The quantitative estimate of drug-likeness (QED) is 0.0216. The molecule has 11 aromatic rings. The smallest absolute Gasteiger partial charge is 0.228 e. The van der Waals surface area contributed by atoms with Gasteiger partial charge in [-0.25, -0.2) is 68.6 Å². The van der Waals surface area contributed by atoms with Crippen molar-refractivity contribution in [3.8, 4) is 33.8 Å². The summed E-state index contributed by atoms with van der Waals surface area (Å²) in [5.74, 6) is 15.0. The Bertz CT molecular complexity index is 4480. The number of aromatic nitrogens is 22. The minimum Gasteiger partial charge on any atom is -0.389 e. The highest BCUT2D eigenvalue weighted by molar-refractivity contribution is 6.35. The molecule has 39 nitrogen and oxygen atoms in total. The Morgan fingerprint density at radius 3 is 0.935 bits per heavy atom. The molecular weight excluding hydrogens is 1510 g/mol. The van der Waals surface area contributed by atoms with Gasteiger partial charge in [0, 0.05) is 86.6 Å². The second-order valence-corrected chi connectivity index (χ2v) is 29.4. The molecule has 2 saturated heterocycles. The summed E-state index contributed by atoms with van der Waals surface area (Å²) in [7, 11) is 0. The molecule has 0 saturated carbocycles. The van der Waals surface area contributed by atoms with Gasteiger partial charge in [-0.2, -0.15) is 40.3 Å². The lowest BCUT2D eigenvalue weighted by atomic mass is 10.1. The number of halogens is 5. The van der Waals surface area contributed by atoms with Crippen LogP contribution in [0.15, 0.2) is 62.0 Å². The summed E-state index contributed by atoms with van der Waals surface area (Å²) in [4.78, 5) is 63.6. The lowest BCUT2D eigenvalue weighted by Gasteiger charge is -2.27. The lowest BCUT2D eigenvalue weighted by Crippen LogP contribution is -2.38. The molecule has 0 aliphatic carbocycles. The molecule has 588 valence electrons. The molecule has 2 fully saturated rings. The highest BCUT2D eigenvalue weighted by atomic mass is 35.5. The minimum absolute atomic E-state index is 0. The SMILES string of the molecule is CC(C)(O)CCl.CC(C)(O)CNN.CC(C)(O)Cn1ncc2c(-c3cnc(N)nc3)nc(Cl)nc21.CC(C)(O)Cn1ncc2c(-c3cnc(N)nc3)nc(N3CCOCC3)nc21.CC(C)(O)Cn1ncc2c(-c3cnc(N)nc3)nc(N3CCOCC3)nc21.CC(C)(O)Cn1ncc2c(Cl)nc(Cl)nc21.Cl.NN. The molecule has 0 amide bonds. The van der Waals surface area contributed by atoms with E-state index in [1.54, 1.807) is 164 Å². The summed E-state index contributed by atoms with van der Waals surface area (Å²) in [6.07, 6.45) is 16.3. The van der Waals surface area contributed by atoms with Crippen molar-refractivity contribution < 1.29 is 40.1 Å². The van der Waals surface area contributed by atoms with Crippen LogP contribution < -0.4 is 50.0 Å². The van der Waals surface area contributed by atoms with Gasteiger partial charge in [0.2, 0.25) is 40.3 Å². The zero-order valence-corrected chi connectivity index (χ0v) is 65.6. The maximum Gasteiger partial charge on any atom is 0.228 e. The van der Waals surface area contributed by atoms with Gasteiger partial charge < -0.3 is 67.1 Å². The molecule has 44 heteroatoms. The monoisotopic (exact) mass is 1600 g/mol. The predicted molar refractivity (Wildman–Crippen MR) is 415 cm³/mol. The Hall–Kier alpha value is -8.59. The molecule has 19 N–H and O–H groups in total. The van der Waals surface area contributed by atoms with E-state index in [2.05, 4.69) is 97.1 Å². The summed E-state index contributed by atoms with van der Waals surface area (Å²) in [5, 5.41) is 78.1. The van der Waals surface area contributed by atoms with Gasteiger partial charge in [0.05, 0.1) is 156 Å². The van der Waals surface area contributed by atoms with Crippen molar-refractivity contribution in [3.05, 3.63) is 77.7 Å². The molecule has 13 rings (SSSR count). The van der Waals surface area contributed by atoms with Crippen molar-refractivity contribution in [3.63, 3.8) is 0 Å². The van der Waals surface area contributed by atoms with Gasteiger partial charge >= 0.3 is 0 Å². The maximum atomic E-state index is 10.2. The first-order valence-electron chi connectivity index (χ1n) is 33.1. The summed E-state index contributed by atoms with van der Waals surface area (Å²) in [6, 6.07) is 0. The number of nitrogen functional groups attached to an aromatic ring is 3. The van der Waals surface area contributed by atoms with Crippen LogP contribution >= 0.6 is 58.8 Å². The van der Waals surface area contributed by atoms with Gasteiger partial charge in [-0.05, 0) is 106 Å². The number of nitrogens with zero attached hydrogens (tertiary/aromatic N) is 24. The van der Waals surface area contributed by atoms with Gasteiger partial charge in [0.25, 0.3) is 0 Å². The number of nitrogens with two attached hydrogens (primary N) is 6. The van der Waals surface area contributed by atoms with Crippen LogP contribution in [0.5, 0.6) is 0 Å². The molecule has 2 aliphatic rings. The van der Waals surface area contributed by atoms with E-state index in [0.29, 0.717) is 153 Å². The van der Waals surface area contributed by atoms with Gasteiger partial charge in [0.1, 0.15) is 5.15 Å². The van der Waals surface area contributed by atoms with E-state index < -0.39 is 33.6 Å². The van der Waals surface area contributed by atoms with Crippen LogP contribution in [0.25, 0.3) is 77.9 Å². The van der Waals surface area contributed by atoms with Crippen LogP contribution in [-0.2, 0) is 35.7 Å². The Balaban J connectivity index is 0.000000213. The average Bonchev–Trinajstić information content (AvgIpc) is 1.61. The number of morpholine rings is 2. The highest BCUT2D eigenvalue weighted by Crippen LogP contribution is 2.32. The lowest BCUT2D eigenvalue weighted by molar-refractivity contribution is 0.0583. The highest BCUT2D eigenvalue weighted by Gasteiger charge is 2.27. The Morgan fingerprint density at radius 1 is 0.398 bits per heavy atom. The number of hydrogen-bond acceptors (Lipinski definition) is 35. The number of nitrogens with one attached hydrogen (secondary N) is 1. The first-order valence-corrected chi connectivity index (χ1v) is 34.8. The fourth-order valence-corrected chi connectivity index (χ4v) is 10.3. The summed E-state index contributed by atoms with van der Waals surface area (Å²) in [5.41, 5.74) is 20.5. The number of hydrogen-bond donors (Lipinski definition) is 13. The molecule has 0 spiro atoms. The maximum absolute atomic E-state index is 10.2. The Morgan fingerprint density at radius 2 is 0.667 bits per heavy atom. The van der Waals surface area contributed by atoms with Crippen LogP contribution in [0.1, 0.15) is 83.1 Å². The first kappa shape index (κ1) is 88.3. The second kappa shape index (κ2) is 38.2. The van der Waals surface area contributed by atoms with E-state index in [1.165, 1.54) is 0 Å². The number of alkyl halides is 1. The van der Waals surface area contributed by atoms with Crippen LogP contribution in [0.3, 0.4) is 0 Å². The number of fused-ring (bicyclic) bond motifs is 4. The molecule has 0 radical (unpaired) electrons. The zero-order chi connectivity index (χ0) is 79.0. The van der Waals surface area contributed by atoms with Crippen LogP contribution in [-0.4, -0.2) is 238 Å². The fourth-order valence-electron chi connectivity index (χ4n) is 9.74. The van der Waals surface area contributed by atoms with Crippen molar-refractivity contribution in [1.82, 2.24) is 114 Å². The normalized spacial score (nSPS) is 13.5. The van der Waals surface area contributed by atoms with Gasteiger partial charge in [0.15, 0.2) is 22.6 Å². The molecular formula is C64H94Cl5N31O8. The van der Waals surface area contributed by atoms with Crippen LogP contribution in [0.2, 0.25) is 15.7 Å². The van der Waals surface area contributed by atoms with E-state index in [9.17, 15) is 20.4 Å². The largest absolute Gasteiger partial charge is 0.389 e. The third-order valence-electron chi connectivity index (χ3n) is 14.3. The van der Waals surface area contributed by atoms with Crippen molar-refractivity contribution in [2.45, 2.75) is 143 Å². The van der Waals surface area contributed by atoms with E-state index in [1.807, 2.05) is 0 Å². The molecule has 0 bridgehead atoms. The zero-order valence-electron chi connectivity index (χ0n) is 61.8. The number of aliphatic hydroxyl groups is 6. The van der Waals surface area contributed by atoms with E-state index in [4.69, 9.17) is 109 Å². The third kappa shape index (κ3) is 26.6. The van der Waals surface area contributed by atoms with Crippen LogP contribution in [0, 0.1) is 0 Å². The Kier molecular flexibility index (Phi) is 31.2. The average molecular weight is 1600 g/mol. The summed E-state index contributed by atoms with van der Waals surface area (Å²) in [6.45, 7) is 27.4. The van der Waals surface area contributed by atoms with Gasteiger partial charge in [-0.15, -0.1) is 24.0 Å². The first-order chi connectivity index (χ1) is 50.1. The van der Waals surface area contributed by atoms with Gasteiger partial charge in [-0.3, -0.25) is 23.0 Å². The number of anilines is 5. The van der Waals surface area contributed by atoms with E-state index in [0.717, 1.165) is 21.9 Å². The predicted octanol–water partition coefficient (Wildman–Crippen LogP) is 3.60. The van der Waals surface area contributed by atoms with Gasteiger partial charge in [-0.1, -0.05) is 11.6 Å². The molecule has 0 aromatic carbocycles. The topological polar surface area (TPSA) is 566 Å². The number of hydrazine groups is 2. The fraction of sp³-hybridized carbons (Fsp3) is 0.500. The van der Waals surface area contributed by atoms with Crippen LogP contribution in [0.4, 0.5) is 29.7 Å². The van der Waals surface area contributed by atoms with Crippen molar-refractivity contribution in [2.24, 2.45) is 17.5 Å². The molecule has 11 aromatic heterocycles. The summed E-state index contributed by atoms with van der Waals surface area (Å²) >= 11 is 22.9. The van der Waals surface area contributed by atoms with Crippen molar-refractivity contribution in [2.75, 3.05) is 92.0 Å². The molecule has 0 atom stereocenters. The molecule has 0 unspecified atom stereocenters. The van der Waals surface area contributed by atoms with E-state index in [-0.39, 0.29) is 52.5 Å². The minimum atomic E-state index is -0.930. The summed E-state index contributed by atoms with van der Waals surface area (Å²) < 4.78 is 17.4. The third-order valence-corrected chi connectivity index (χ3v) is 15.6. The Labute approximate surface area is 647 Å².